The van der Waals surface area contributed by atoms with Crippen LogP contribution in [0.15, 0.2) is 0 Å². The van der Waals surface area contributed by atoms with Crippen LogP contribution in [0.2, 0.25) is 0 Å². The van der Waals surface area contributed by atoms with Crippen molar-refractivity contribution < 1.29 is 14.6 Å². The van der Waals surface area contributed by atoms with Gasteiger partial charge in [0.15, 0.2) is 5.82 Å². The maximum atomic E-state index is 10.3. The van der Waals surface area contributed by atoms with Gasteiger partial charge in [-0.15, -0.1) is 10.2 Å². The molecule has 0 aliphatic carbocycles. The Morgan fingerprint density at radius 1 is 1.53 bits per heavy atom. The van der Waals surface area contributed by atoms with E-state index in [2.05, 4.69) is 15.4 Å². The first kappa shape index (κ1) is 12.4. The van der Waals surface area contributed by atoms with E-state index in [-0.39, 0.29) is 0 Å². The highest BCUT2D eigenvalue weighted by atomic mass is 16.5. The second-order valence-corrected chi connectivity index (χ2v) is 4.30. The van der Waals surface area contributed by atoms with Crippen LogP contribution in [-0.2, 0) is 22.9 Å². The molecule has 1 aromatic heterocycles. The van der Waals surface area contributed by atoms with Crippen molar-refractivity contribution in [3.63, 3.8) is 0 Å². The van der Waals surface area contributed by atoms with Crippen LogP contribution >= 0.6 is 0 Å². The van der Waals surface area contributed by atoms with Crippen LogP contribution in [0.4, 0.5) is 0 Å². The average Bonchev–Trinajstić information content (AvgIpc) is 2.75. The second-order valence-electron chi connectivity index (χ2n) is 4.30. The molecule has 1 aliphatic heterocycles. The molecule has 1 atom stereocenters. The molecule has 2 heterocycles. The fraction of sp³-hybridized carbons (Fsp3) is 0.900. The predicted octanol–water partition coefficient (Wildman–Crippen LogP) is -0.691. The lowest BCUT2D eigenvalue weighted by atomic mass is 9.86. The molecule has 7 heteroatoms. The summed E-state index contributed by atoms with van der Waals surface area (Å²) in [5.74, 6) is 0.530. The van der Waals surface area contributed by atoms with E-state index in [1.165, 1.54) is 4.80 Å². The first-order valence-electron chi connectivity index (χ1n) is 5.70. The zero-order valence-corrected chi connectivity index (χ0v) is 10.2. The summed E-state index contributed by atoms with van der Waals surface area (Å²) in [5, 5.41) is 22.0. The summed E-state index contributed by atoms with van der Waals surface area (Å²) in [7, 11) is 3.32. The summed E-state index contributed by atoms with van der Waals surface area (Å²) in [4.78, 5) is 1.38. The normalized spacial score (nSPS) is 21.4. The van der Waals surface area contributed by atoms with Crippen molar-refractivity contribution in [2.75, 3.05) is 20.3 Å². The molecular formula is C10H18N4O3. The predicted molar refractivity (Wildman–Crippen MR) is 58.3 cm³/mol. The van der Waals surface area contributed by atoms with Gasteiger partial charge in [-0.25, -0.2) is 0 Å². The Morgan fingerprint density at radius 3 is 2.76 bits per heavy atom. The first-order chi connectivity index (χ1) is 8.16. The number of rotatable bonds is 4. The highest BCUT2D eigenvalue weighted by Crippen LogP contribution is 2.29. The van der Waals surface area contributed by atoms with Crippen LogP contribution < -0.4 is 0 Å². The monoisotopic (exact) mass is 242 g/mol. The van der Waals surface area contributed by atoms with Crippen molar-refractivity contribution in [2.24, 2.45) is 7.05 Å². The zero-order chi connectivity index (χ0) is 12.3. The van der Waals surface area contributed by atoms with Gasteiger partial charge in [0.2, 0.25) is 0 Å². The van der Waals surface area contributed by atoms with Gasteiger partial charge in [-0.1, -0.05) is 0 Å². The molecule has 1 N–H and O–H groups in total. The minimum atomic E-state index is -0.638. The Morgan fingerprint density at radius 2 is 2.24 bits per heavy atom. The summed E-state index contributed by atoms with van der Waals surface area (Å²) in [5.41, 5.74) is -0.544. The lowest BCUT2D eigenvalue weighted by Crippen LogP contribution is -2.49. The molecule has 1 fully saturated rings. The summed E-state index contributed by atoms with van der Waals surface area (Å²) >= 11 is 0. The summed E-state index contributed by atoms with van der Waals surface area (Å²) in [6.45, 7) is 1.22. The Balaban J connectivity index is 2.04. The third kappa shape index (κ3) is 2.62. The largest absolute Gasteiger partial charge is 0.390 e. The summed E-state index contributed by atoms with van der Waals surface area (Å²) in [6.07, 6.45) is 1.08. The Bertz CT molecular complexity index is 362. The van der Waals surface area contributed by atoms with Crippen molar-refractivity contribution >= 4 is 0 Å². The molecule has 0 radical (unpaired) electrons. The molecule has 0 spiro atoms. The second kappa shape index (κ2) is 5.07. The van der Waals surface area contributed by atoms with Gasteiger partial charge in [0.1, 0.15) is 0 Å². The number of nitrogens with zero attached hydrogens (tertiary/aromatic N) is 4. The molecule has 0 aromatic carbocycles. The van der Waals surface area contributed by atoms with E-state index in [0.717, 1.165) is 0 Å². The molecule has 0 amide bonds. The van der Waals surface area contributed by atoms with Crippen molar-refractivity contribution in [1.82, 2.24) is 20.2 Å². The van der Waals surface area contributed by atoms with Crippen LogP contribution in [0.3, 0.4) is 0 Å². The average molecular weight is 242 g/mol. The van der Waals surface area contributed by atoms with E-state index < -0.39 is 11.7 Å². The lowest BCUT2D eigenvalue weighted by molar-refractivity contribution is -0.152. The number of hydrogen-bond acceptors (Lipinski definition) is 6. The van der Waals surface area contributed by atoms with Crippen molar-refractivity contribution in [3.05, 3.63) is 5.82 Å². The number of tetrazole rings is 1. The summed E-state index contributed by atoms with van der Waals surface area (Å²) < 4.78 is 10.8. The van der Waals surface area contributed by atoms with E-state index >= 15 is 0 Å². The van der Waals surface area contributed by atoms with Gasteiger partial charge in [-0.05, 0) is 5.21 Å². The van der Waals surface area contributed by atoms with E-state index in [4.69, 9.17) is 9.47 Å². The molecule has 1 unspecified atom stereocenters. The molecule has 2 rings (SSSR count). The molecule has 1 aliphatic rings. The Labute approximate surface area is 99.7 Å². The van der Waals surface area contributed by atoms with E-state index in [1.807, 2.05) is 0 Å². The van der Waals surface area contributed by atoms with E-state index in [1.54, 1.807) is 14.2 Å². The third-order valence-corrected chi connectivity index (χ3v) is 3.28. The smallest absolute Gasteiger partial charge is 0.177 e. The van der Waals surface area contributed by atoms with Gasteiger partial charge in [0.25, 0.3) is 0 Å². The quantitative estimate of drug-likeness (QED) is 0.752. The van der Waals surface area contributed by atoms with E-state index in [9.17, 15) is 5.11 Å². The zero-order valence-electron chi connectivity index (χ0n) is 10.2. The third-order valence-electron chi connectivity index (χ3n) is 3.28. The minimum absolute atomic E-state index is 0.349. The van der Waals surface area contributed by atoms with Gasteiger partial charge in [-0.2, -0.15) is 4.80 Å². The van der Waals surface area contributed by atoms with E-state index in [0.29, 0.717) is 38.3 Å². The Kier molecular flexibility index (Phi) is 3.70. The maximum Gasteiger partial charge on any atom is 0.177 e. The van der Waals surface area contributed by atoms with Gasteiger partial charge in [-0.3, -0.25) is 0 Å². The van der Waals surface area contributed by atoms with Gasteiger partial charge < -0.3 is 14.6 Å². The first-order valence-corrected chi connectivity index (χ1v) is 5.70. The van der Waals surface area contributed by atoms with Crippen LogP contribution in [-0.4, -0.2) is 57.3 Å². The van der Waals surface area contributed by atoms with Crippen molar-refractivity contribution in [1.29, 1.82) is 0 Å². The van der Waals surface area contributed by atoms with Gasteiger partial charge in [0, 0.05) is 39.6 Å². The molecule has 7 nitrogen and oxygen atoms in total. The molecule has 1 aromatic rings. The number of ether oxygens (including phenoxy) is 2. The number of aliphatic hydroxyl groups excluding tert-OH is 1. The van der Waals surface area contributed by atoms with Gasteiger partial charge >= 0.3 is 0 Å². The number of methoxy groups -OCH3 is 1. The van der Waals surface area contributed by atoms with Crippen molar-refractivity contribution in [2.45, 2.75) is 31.0 Å². The molecule has 0 saturated carbocycles. The standard InChI is InChI=1S/C10H18N4O3/c1-14-12-9(11-13-14)7-8(15)10(16-2)3-5-17-6-4-10/h8,15H,3-7H2,1-2H3. The molecule has 17 heavy (non-hydrogen) atoms. The Hall–Kier alpha value is -1.05. The van der Waals surface area contributed by atoms with Gasteiger partial charge in [0.05, 0.1) is 18.8 Å². The van der Waals surface area contributed by atoms with Crippen LogP contribution in [0.25, 0.3) is 0 Å². The highest BCUT2D eigenvalue weighted by Gasteiger charge is 2.40. The highest BCUT2D eigenvalue weighted by molar-refractivity contribution is 4.95. The number of hydrogen-bond donors (Lipinski definition) is 1. The maximum absolute atomic E-state index is 10.3. The fourth-order valence-corrected chi connectivity index (χ4v) is 2.15. The summed E-state index contributed by atoms with van der Waals surface area (Å²) in [6, 6.07) is 0. The topological polar surface area (TPSA) is 82.3 Å². The van der Waals surface area contributed by atoms with Crippen LogP contribution in [0.1, 0.15) is 18.7 Å². The number of aliphatic hydroxyl groups is 1. The lowest BCUT2D eigenvalue weighted by Gasteiger charge is -2.39. The van der Waals surface area contributed by atoms with Crippen molar-refractivity contribution in [3.8, 4) is 0 Å². The number of aromatic nitrogens is 4. The van der Waals surface area contributed by atoms with Crippen LogP contribution in [0.5, 0.6) is 0 Å². The van der Waals surface area contributed by atoms with Crippen LogP contribution in [0, 0.1) is 0 Å². The fourth-order valence-electron chi connectivity index (χ4n) is 2.15. The molecular weight excluding hydrogens is 224 g/mol. The minimum Gasteiger partial charge on any atom is -0.390 e. The molecule has 1 saturated heterocycles. The number of aryl methyl sites for hydroxylation is 1. The molecule has 96 valence electrons. The SMILES string of the molecule is COC1(C(O)Cc2nnn(C)n2)CCOCC1. The molecule has 0 bridgehead atoms.